The van der Waals surface area contributed by atoms with E-state index in [-0.39, 0.29) is 41.8 Å². The molecule has 3 heterocycles. The van der Waals surface area contributed by atoms with Gasteiger partial charge in [0.15, 0.2) is 4.87 Å². The van der Waals surface area contributed by atoms with Crippen molar-refractivity contribution in [3.8, 4) is 11.1 Å². The van der Waals surface area contributed by atoms with Crippen molar-refractivity contribution in [1.29, 1.82) is 0 Å². The molecule has 186 valence electrons. The van der Waals surface area contributed by atoms with Crippen LogP contribution in [0.4, 0.5) is 5.82 Å². The summed E-state index contributed by atoms with van der Waals surface area (Å²) in [5, 5.41) is 19.3. The molecule has 0 saturated heterocycles. The summed E-state index contributed by atoms with van der Waals surface area (Å²) < 4.78 is 27.6. The minimum atomic E-state index is -4.17. The molecule has 1 aromatic carbocycles. The monoisotopic (exact) mass is 526 g/mol. The molecular weight excluding hydrogens is 504 g/mol. The lowest BCUT2D eigenvalue weighted by molar-refractivity contribution is -0.134. The van der Waals surface area contributed by atoms with E-state index in [1.54, 1.807) is 36.7 Å². The largest absolute Gasteiger partial charge is 0.480 e. The first-order chi connectivity index (χ1) is 16.8. The highest BCUT2D eigenvalue weighted by Crippen LogP contribution is 2.34. The number of pyridine rings is 2. The summed E-state index contributed by atoms with van der Waals surface area (Å²) in [6.45, 7) is -0.380. The lowest BCUT2D eigenvalue weighted by Gasteiger charge is -2.29. The summed E-state index contributed by atoms with van der Waals surface area (Å²) in [7, 11) is -4.17. The van der Waals surface area contributed by atoms with Crippen molar-refractivity contribution in [1.82, 2.24) is 20.2 Å². The lowest BCUT2D eigenvalue weighted by atomic mass is 10.00. The molecule has 12 heteroatoms. The molecule has 0 aliphatic rings. The van der Waals surface area contributed by atoms with Crippen LogP contribution in [-0.2, 0) is 25.9 Å². The fourth-order valence-corrected chi connectivity index (χ4v) is 5.18. The molecule has 0 bridgehead atoms. The molecule has 0 saturated carbocycles. The van der Waals surface area contributed by atoms with Gasteiger partial charge in [-0.05, 0) is 41.5 Å². The molecule has 0 fully saturated rings. The predicted molar refractivity (Wildman–Crippen MR) is 136 cm³/mol. The summed E-state index contributed by atoms with van der Waals surface area (Å²) in [6.07, 6.45) is 5.84. The van der Waals surface area contributed by atoms with E-state index in [9.17, 15) is 13.2 Å². The number of nitrogens with two attached hydrogens (primary N) is 1. The average Bonchev–Trinajstić information content (AvgIpc) is 2.89. The van der Waals surface area contributed by atoms with Crippen LogP contribution >= 0.6 is 12.4 Å². The number of sulfone groups is 1. The van der Waals surface area contributed by atoms with Crippen molar-refractivity contribution in [3.05, 3.63) is 96.7 Å². The molecule has 0 aliphatic carbocycles. The van der Waals surface area contributed by atoms with Gasteiger partial charge in [-0.1, -0.05) is 30.3 Å². The molecule has 4 N–H and O–H groups in total. The minimum absolute atomic E-state index is 0. The van der Waals surface area contributed by atoms with Gasteiger partial charge in [0, 0.05) is 24.4 Å². The van der Waals surface area contributed by atoms with E-state index in [1.165, 1.54) is 30.6 Å². The molecular formula is C24H23ClN6O4S. The quantitative estimate of drug-likeness (QED) is 0.295. The zero-order valence-electron chi connectivity index (χ0n) is 18.9. The Balaban J connectivity index is 0.00000361. The first kappa shape index (κ1) is 26.7. The van der Waals surface area contributed by atoms with Crippen LogP contribution in [0.25, 0.3) is 11.1 Å². The Morgan fingerprint density at radius 3 is 2.36 bits per heavy atom. The number of nitrogens with one attached hydrogen (secondary N) is 1. The maximum atomic E-state index is 13.8. The Morgan fingerprint density at radius 1 is 0.944 bits per heavy atom. The van der Waals surface area contributed by atoms with Gasteiger partial charge in [0.05, 0.1) is 23.0 Å². The second-order valence-electron chi connectivity index (χ2n) is 7.74. The smallest absolute Gasteiger partial charge is 0.322 e. The topological polar surface area (TPSA) is 161 Å². The Kier molecular flexibility index (Phi) is 8.30. The SMILES string of the molecule is Cl.NC(Cc1ccc(-c2ccnnc2)cc1)(c1cccc(NCC(=O)O)n1)S(=O)(=O)c1cccnc1. The van der Waals surface area contributed by atoms with Crippen LogP contribution in [0.2, 0.25) is 0 Å². The van der Waals surface area contributed by atoms with Crippen molar-refractivity contribution in [2.24, 2.45) is 5.73 Å². The van der Waals surface area contributed by atoms with Gasteiger partial charge in [-0.15, -0.1) is 12.4 Å². The highest BCUT2D eigenvalue weighted by molar-refractivity contribution is 7.92. The molecule has 4 rings (SSSR count). The summed E-state index contributed by atoms with van der Waals surface area (Å²) in [5.74, 6) is -0.884. The fraction of sp³-hybridized carbons (Fsp3) is 0.125. The Hall–Kier alpha value is -3.93. The molecule has 0 amide bonds. The number of carboxylic acid groups (broad SMARTS) is 1. The number of aromatic nitrogens is 4. The van der Waals surface area contributed by atoms with Gasteiger partial charge in [0.25, 0.3) is 0 Å². The minimum Gasteiger partial charge on any atom is -0.480 e. The maximum Gasteiger partial charge on any atom is 0.322 e. The van der Waals surface area contributed by atoms with Crippen LogP contribution < -0.4 is 11.1 Å². The van der Waals surface area contributed by atoms with E-state index in [0.717, 1.165) is 11.1 Å². The molecule has 10 nitrogen and oxygen atoms in total. The Bertz CT molecular complexity index is 1420. The van der Waals surface area contributed by atoms with Crippen LogP contribution in [0.5, 0.6) is 0 Å². The van der Waals surface area contributed by atoms with Crippen molar-refractivity contribution in [2.75, 3.05) is 11.9 Å². The lowest BCUT2D eigenvalue weighted by Crippen LogP contribution is -2.47. The molecule has 0 spiro atoms. The van der Waals surface area contributed by atoms with E-state index >= 15 is 0 Å². The second kappa shape index (κ2) is 11.2. The summed E-state index contributed by atoms with van der Waals surface area (Å²) in [6, 6.07) is 16.7. The number of hydrogen-bond donors (Lipinski definition) is 3. The van der Waals surface area contributed by atoms with Crippen LogP contribution in [0.3, 0.4) is 0 Å². The van der Waals surface area contributed by atoms with Gasteiger partial charge in [0.1, 0.15) is 12.4 Å². The molecule has 4 aromatic rings. The van der Waals surface area contributed by atoms with E-state index in [4.69, 9.17) is 10.8 Å². The molecule has 1 unspecified atom stereocenters. The molecule has 1 atom stereocenters. The second-order valence-corrected chi connectivity index (χ2v) is 9.95. The molecule has 3 aromatic heterocycles. The van der Waals surface area contributed by atoms with Crippen molar-refractivity contribution >= 4 is 34.0 Å². The highest BCUT2D eigenvalue weighted by atomic mass is 35.5. The van der Waals surface area contributed by atoms with Crippen molar-refractivity contribution < 1.29 is 18.3 Å². The first-order valence-corrected chi connectivity index (χ1v) is 12.0. The zero-order chi connectivity index (χ0) is 24.9. The van der Waals surface area contributed by atoms with Gasteiger partial charge in [-0.2, -0.15) is 10.2 Å². The number of halogens is 1. The Labute approximate surface area is 214 Å². The third-order valence-corrected chi connectivity index (χ3v) is 7.54. The van der Waals surface area contributed by atoms with Gasteiger partial charge in [-0.3, -0.25) is 9.78 Å². The fourth-order valence-electron chi connectivity index (χ4n) is 3.55. The standard InChI is InChI=1S/C24H22N6O4S.ClH/c25-24(35(33,34)20-3-2-11-26-15-20,21-4-1-5-22(30-21)27-16-23(31)32)13-17-6-8-18(9-7-17)19-10-12-28-29-14-19;/h1-12,14-15H,13,16,25H2,(H,27,30)(H,31,32);1H. The third-order valence-electron chi connectivity index (χ3n) is 5.37. The first-order valence-electron chi connectivity index (χ1n) is 10.5. The van der Waals surface area contributed by atoms with Crippen molar-refractivity contribution in [2.45, 2.75) is 16.2 Å². The molecule has 0 radical (unpaired) electrons. The van der Waals surface area contributed by atoms with Gasteiger partial charge >= 0.3 is 5.97 Å². The van der Waals surface area contributed by atoms with E-state index < -0.39 is 20.7 Å². The zero-order valence-corrected chi connectivity index (χ0v) is 20.5. The molecule has 0 aliphatic heterocycles. The highest BCUT2D eigenvalue weighted by Gasteiger charge is 2.44. The van der Waals surface area contributed by atoms with E-state index in [2.05, 4.69) is 25.5 Å². The van der Waals surface area contributed by atoms with E-state index in [0.29, 0.717) is 5.56 Å². The normalized spacial score (nSPS) is 12.7. The number of carboxylic acids is 1. The number of aliphatic carboxylic acids is 1. The summed E-state index contributed by atoms with van der Waals surface area (Å²) >= 11 is 0. The number of anilines is 1. The van der Waals surface area contributed by atoms with Gasteiger partial charge in [0.2, 0.25) is 9.84 Å². The Morgan fingerprint density at radius 2 is 1.72 bits per heavy atom. The number of carbonyl (C=O) groups is 1. The van der Waals surface area contributed by atoms with Crippen LogP contribution in [0.15, 0.2) is 90.3 Å². The average molecular weight is 527 g/mol. The van der Waals surface area contributed by atoms with Crippen molar-refractivity contribution in [3.63, 3.8) is 0 Å². The third kappa shape index (κ3) is 5.65. The maximum absolute atomic E-state index is 13.8. The van der Waals surface area contributed by atoms with Crippen LogP contribution in [0.1, 0.15) is 11.3 Å². The van der Waals surface area contributed by atoms with Crippen LogP contribution in [-0.4, -0.2) is 46.2 Å². The van der Waals surface area contributed by atoms with Gasteiger partial charge < -0.3 is 16.2 Å². The summed E-state index contributed by atoms with van der Waals surface area (Å²) in [4.78, 5) is 17.2. The summed E-state index contributed by atoms with van der Waals surface area (Å²) in [5.41, 5.74) is 9.18. The van der Waals surface area contributed by atoms with Gasteiger partial charge in [-0.25, -0.2) is 13.4 Å². The predicted octanol–water partition coefficient (Wildman–Crippen LogP) is 2.68. The molecule has 36 heavy (non-hydrogen) atoms. The number of rotatable bonds is 9. The number of benzene rings is 1. The van der Waals surface area contributed by atoms with Crippen LogP contribution in [0, 0.1) is 0 Å². The number of hydrogen-bond acceptors (Lipinski definition) is 9. The number of nitrogens with zero attached hydrogens (tertiary/aromatic N) is 4. The van der Waals surface area contributed by atoms with E-state index in [1.807, 2.05) is 18.2 Å².